The second-order valence-electron chi connectivity index (χ2n) is 14.1. The molecular weight excluding hydrogens is 663 g/mol. The van der Waals surface area contributed by atoms with E-state index in [4.69, 9.17) is 5.10 Å². The van der Waals surface area contributed by atoms with Gasteiger partial charge in [0.05, 0.1) is 23.7 Å². The summed E-state index contributed by atoms with van der Waals surface area (Å²) in [7, 11) is 6.78. The molecule has 2 aliphatic rings. The zero-order valence-corrected chi connectivity index (χ0v) is 30.1. The van der Waals surface area contributed by atoms with Gasteiger partial charge in [0.15, 0.2) is 0 Å². The van der Waals surface area contributed by atoms with Crippen LogP contribution in [-0.2, 0) is 23.1 Å². The number of hydrogen-bond donors (Lipinski definition) is 2. The molecule has 52 heavy (non-hydrogen) atoms. The van der Waals surface area contributed by atoms with Crippen LogP contribution in [0.25, 0.3) is 5.69 Å². The van der Waals surface area contributed by atoms with E-state index in [1.807, 2.05) is 31.2 Å². The SMILES string of the molecule is C[C@@H](CC1(c2nn(-c3ccc(F)cc3)c(=O)[nH]2)c2ccc(C(=O)N(C)C)cc2CCc2cc(C(=O)N(C)C)ccc21)NCC(=O)N1CCCC1C#N. The van der Waals surface area contributed by atoms with Crippen molar-refractivity contribution in [3.8, 4) is 11.8 Å². The minimum Gasteiger partial charge on any atom is -0.345 e. The summed E-state index contributed by atoms with van der Waals surface area (Å²) in [6, 6.07) is 18.0. The third-order valence-electron chi connectivity index (χ3n) is 10.1. The van der Waals surface area contributed by atoms with Gasteiger partial charge in [0, 0.05) is 51.9 Å². The largest absolute Gasteiger partial charge is 0.348 e. The van der Waals surface area contributed by atoms with E-state index in [2.05, 4.69) is 16.4 Å². The van der Waals surface area contributed by atoms with Crippen molar-refractivity contribution in [2.45, 2.75) is 56.5 Å². The lowest BCUT2D eigenvalue weighted by Gasteiger charge is -2.37. The fourth-order valence-corrected chi connectivity index (χ4v) is 7.57. The van der Waals surface area contributed by atoms with Crippen molar-refractivity contribution in [1.29, 1.82) is 5.26 Å². The molecule has 6 rings (SSSR count). The maximum absolute atomic E-state index is 13.9. The second kappa shape index (κ2) is 14.6. The predicted octanol–water partition coefficient (Wildman–Crippen LogP) is 3.42. The minimum absolute atomic E-state index is 0.00221. The summed E-state index contributed by atoms with van der Waals surface area (Å²) >= 11 is 0. The standard InChI is InChI=1S/C39H43FN8O4/c1-24(42-23-34(49)47-18-6-7-31(47)22-41)21-39(37-43-38(52)48(44-37)30-14-12-29(40)13-15-30)32-16-10-27(35(50)45(2)3)19-25(32)8-9-26-20-28(11-17-33(26)39)36(51)46(4)5/h10-17,19-20,24,31,42H,6-9,18,21,23H2,1-5H3,(H,43,44,52)/t24-,31?/m0/s1. The highest BCUT2D eigenvalue weighted by Gasteiger charge is 2.46. The summed E-state index contributed by atoms with van der Waals surface area (Å²) in [4.78, 5) is 61.1. The zero-order chi connectivity index (χ0) is 37.3. The quantitative estimate of drug-likeness (QED) is 0.271. The van der Waals surface area contributed by atoms with Gasteiger partial charge in [-0.3, -0.25) is 19.4 Å². The molecular formula is C39H43FN8O4. The van der Waals surface area contributed by atoms with Gasteiger partial charge in [-0.05, 0) is 110 Å². The molecule has 2 atom stereocenters. The zero-order valence-electron chi connectivity index (χ0n) is 30.1. The van der Waals surface area contributed by atoms with Gasteiger partial charge in [-0.2, -0.15) is 9.94 Å². The lowest BCUT2D eigenvalue weighted by Crippen LogP contribution is -2.45. The molecule has 0 radical (unpaired) electrons. The Morgan fingerprint density at radius 2 is 1.56 bits per heavy atom. The number of rotatable bonds is 9. The van der Waals surface area contributed by atoms with Crippen LogP contribution in [0.4, 0.5) is 4.39 Å². The Kier molecular flexibility index (Phi) is 10.1. The van der Waals surface area contributed by atoms with Crippen LogP contribution in [0.5, 0.6) is 0 Å². The Bertz CT molecular complexity index is 2040. The van der Waals surface area contributed by atoms with E-state index >= 15 is 0 Å². The first-order valence-corrected chi connectivity index (χ1v) is 17.4. The number of hydrogen-bond acceptors (Lipinski definition) is 7. The van der Waals surface area contributed by atoms with E-state index < -0.39 is 23.0 Å². The highest BCUT2D eigenvalue weighted by Crippen LogP contribution is 2.47. The molecule has 3 amide bonds. The van der Waals surface area contributed by atoms with E-state index in [-0.39, 0.29) is 30.3 Å². The Hall–Kier alpha value is -5.61. The smallest absolute Gasteiger partial charge is 0.345 e. The van der Waals surface area contributed by atoms with Crippen LogP contribution in [0.3, 0.4) is 0 Å². The highest BCUT2D eigenvalue weighted by atomic mass is 19.1. The van der Waals surface area contributed by atoms with Gasteiger partial charge in [0.25, 0.3) is 11.8 Å². The fourth-order valence-electron chi connectivity index (χ4n) is 7.57. The summed E-state index contributed by atoms with van der Waals surface area (Å²) in [6.07, 6.45) is 2.80. The van der Waals surface area contributed by atoms with Crippen molar-refractivity contribution in [1.82, 2.24) is 34.8 Å². The number of aryl methyl sites for hydroxylation is 2. The van der Waals surface area contributed by atoms with E-state index in [9.17, 15) is 28.8 Å². The molecule has 13 heteroatoms. The molecule has 270 valence electrons. The van der Waals surface area contributed by atoms with E-state index in [0.717, 1.165) is 28.7 Å². The number of carbonyl (C=O) groups is 3. The first-order chi connectivity index (χ1) is 24.8. The van der Waals surface area contributed by atoms with Crippen LogP contribution >= 0.6 is 0 Å². The molecule has 0 saturated carbocycles. The molecule has 1 aromatic heterocycles. The summed E-state index contributed by atoms with van der Waals surface area (Å²) in [5, 5.41) is 17.8. The Morgan fingerprint density at radius 1 is 0.981 bits per heavy atom. The number of halogens is 1. The van der Waals surface area contributed by atoms with E-state index in [0.29, 0.717) is 54.9 Å². The van der Waals surface area contributed by atoms with E-state index in [1.54, 1.807) is 45.2 Å². The lowest BCUT2D eigenvalue weighted by molar-refractivity contribution is -0.130. The number of H-pyrrole nitrogens is 1. The van der Waals surface area contributed by atoms with Gasteiger partial charge in [-0.15, -0.1) is 5.10 Å². The normalized spacial score (nSPS) is 16.6. The summed E-state index contributed by atoms with van der Waals surface area (Å²) in [5.74, 6) is -0.623. The lowest BCUT2D eigenvalue weighted by atomic mass is 9.67. The summed E-state index contributed by atoms with van der Waals surface area (Å²) in [5.41, 5.74) is 3.08. The topological polar surface area (TPSA) is 147 Å². The average molecular weight is 707 g/mol. The second-order valence-corrected chi connectivity index (χ2v) is 14.1. The maximum Gasteiger partial charge on any atom is 0.348 e. The van der Waals surface area contributed by atoms with Gasteiger partial charge in [0.2, 0.25) is 5.91 Å². The molecule has 2 N–H and O–H groups in total. The minimum atomic E-state index is -1.15. The van der Waals surface area contributed by atoms with Crippen molar-refractivity contribution in [3.63, 3.8) is 0 Å². The predicted molar refractivity (Wildman–Crippen MR) is 193 cm³/mol. The molecule has 1 saturated heterocycles. The number of nitrogens with zero attached hydrogens (tertiary/aromatic N) is 6. The number of nitrogens with one attached hydrogen (secondary N) is 2. The van der Waals surface area contributed by atoms with Crippen molar-refractivity contribution < 1.29 is 18.8 Å². The number of carbonyl (C=O) groups excluding carboxylic acids is 3. The number of likely N-dealkylation sites (tertiary alicyclic amines) is 1. The third-order valence-corrected chi connectivity index (χ3v) is 10.1. The van der Waals surface area contributed by atoms with Gasteiger partial charge in [0.1, 0.15) is 17.7 Å². The number of amides is 3. The number of benzene rings is 3. The molecule has 12 nitrogen and oxygen atoms in total. The fraction of sp³-hybridized carbons (Fsp3) is 0.385. The molecule has 1 fully saturated rings. The van der Waals surface area contributed by atoms with Crippen molar-refractivity contribution >= 4 is 17.7 Å². The Labute approximate surface area is 301 Å². The molecule has 1 aliphatic carbocycles. The van der Waals surface area contributed by atoms with Crippen LogP contribution in [0.1, 0.15) is 75.0 Å². The summed E-state index contributed by atoms with van der Waals surface area (Å²) < 4.78 is 15.1. The first-order valence-electron chi connectivity index (χ1n) is 17.4. The van der Waals surface area contributed by atoms with E-state index in [1.165, 1.54) is 38.7 Å². The van der Waals surface area contributed by atoms with Crippen LogP contribution in [0.15, 0.2) is 65.5 Å². The van der Waals surface area contributed by atoms with Gasteiger partial charge < -0.3 is 20.0 Å². The molecule has 0 spiro atoms. The molecule has 1 aliphatic heterocycles. The van der Waals surface area contributed by atoms with Crippen molar-refractivity contribution in [3.05, 3.63) is 116 Å². The number of aromatic amines is 1. The van der Waals surface area contributed by atoms with Crippen molar-refractivity contribution in [2.75, 3.05) is 41.3 Å². The summed E-state index contributed by atoms with van der Waals surface area (Å²) in [6.45, 7) is 2.48. The van der Waals surface area contributed by atoms with Crippen LogP contribution < -0.4 is 11.0 Å². The third kappa shape index (κ3) is 6.74. The van der Waals surface area contributed by atoms with Gasteiger partial charge >= 0.3 is 5.69 Å². The number of nitriles is 1. The first kappa shape index (κ1) is 36.2. The van der Waals surface area contributed by atoms with Crippen LogP contribution in [0.2, 0.25) is 0 Å². The Balaban J connectivity index is 1.54. The maximum atomic E-state index is 13.9. The molecule has 2 heterocycles. The monoisotopic (exact) mass is 706 g/mol. The van der Waals surface area contributed by atoms with Crippen molar-refractivity contribution in [2.24, 2.45) is 0 Å². The molecule has 0 bridgehead atoms. The van der Waals surface area contributed by atoms with Crippen LogP contribution in [-0.4, -0.2) is 101 Å². The Morgan fingerprint density at radius 3 is 2.10 bits per heavy atom. The number of fused-ring (bicyclic) bond motifs is 2. The number of aromatic nitrogens is 3. The van der Waals surface area contributed by atoms with Gasteiger partial charge in [-0.25, -0.2) is 9.18 Å². The molecule has 1 unspecified atom stereocenters. The van der Waals surface area contributed by atoms with Crippen LogP contribution in [0, 0.1) is 17.1 Å². The molecule has 3 aromatic carbocycles. The van der Waals surface area contributed by atoms with Gasteiger partial charge in [-0.1, -0.05) is 12.1 Å². The average Bonchev–Trinajstić information content (AvgIpc) is 3.75. The molecule has 4 aromatic rings. The highest BCUT2D eigenvalue weighted by molar-refractivity contribution is 5.95.